The number of furan rings is 1. The third-order valence-electron chi connectivity index (χ3n) is 10.5. The first kappa shape index (κ1) is 29.5. The van der Waals surface area contributed by atoms with Gasteiger partial charge in [0.1, 0.15) is 16.7 Å². The van der Waals surface area contributed by atoms with Crippen LogP contribution in [0.1, 0.15) is 0 Å². The number of benzene rings is 9. The molecule has 4 nitrogen and oxygen atoms in total. The van der Waals surface area contributed by atoms with Crippen LogP contribution in [-0.2, 0) is 0 Å². The number of rotatable bonds is 5. The first-order valence-electron chi connectivity index (χ1n) is 17.9. The number of anilines is 3. The van der Waals surface area contributed by atoms with Crippen LogP contribution in [0.15, 0.2) is 191 Å². The molecule has 4 heteroatoms. The summed E-state index contributed by atoms with van der Waals surface area (Å²) in [7, 11) is 0. The number of hydrogen-bond donors (Lipinski definition) is 0. The molecule has 0 spiro atoms. The van der Waals surface area contributed by atoms with Crippen molar-refractivity contribution < 1.29 is 8.83 Å². The van der Waals surface area contributed by atoms with Gasteiger partial charge in [-0.2, -0.15) is 0 Å². The molecule has 11 aromatic rings. The number of fused-ring (bicyclic) bond motifs is 10. The number of nitrogens with zero attached hydrogens (tertiary/aromatic N) is 2. The van der Waals surface area contributed by atoms with Gasteiger partial charge in [0.2, 0.25) is 5.89 Å². The Labute approximate surface area is 304 Å². The molecule has 0 bridgehead atoms. The Kier molecular flexibility index (Phi) is 6.52. The Morgan fingerprint density at radius 3 is 1.94 bits per heavy atom. The van der Waals surface area contributed by atoms with E-state index in [9.17, 15) is 0 Å². The SMILES string of the molecule is c1ccc(-c2nc3c4cc(-c5cccc(N(c6cccc7ccccc67)c6cccc7oc8ccccc8c67)c5)ccc4c4ccccc4c3o2)cc1. The maximum absolute atomic E-state index is 6.54. The van der Waals surface area contributed by atoms with Crippen molar-refractivity contribution in [2.75, 3.05) is 4.90 Å². The third-order valence-corrected chi connectivity index (χ3v) is 10.5. The summed E-state index contributed by atoms with van der Waals surface area (Å²) in [5.41, 5.74) is 9.78. The maximum Gasteiger partial charge on any atom is 0.227 e. The van der Waals surface area contributed by atoms with Crippen molar-refractivity contribution in [1.29, 1.82) is 0 Å². The van der Waals surface area contributed by atoms with Crippen LogP contribution in [0, 0.1) is 0 Å². The fourth-order valence-electron chi connectivity index (χ4n) is 8.04. The van der Waals surface area contributed by atoms with E-state index < -0.39 is 0 Å². The van der Waals surface area contributed by atoms with Crippen molar-refractivity contribution >= 4 is 82.4 Å². The van der Waals surface area contributed by atoms with Crippen LogP contribution in [0.5, 0.6) is 0 Å². The summed E-state index contributed by atoms with van der Waals surface area (Å²) in [5.74, 6) is 0.623. The number of oxazole rings is 1. The smallest absolute Gasteiger partial charge is 0.227 e. The Morgan fingerprint density at radius 1 is 0.396 bits per heavy atom. The average Bonchev–Trinajstić information content (AvgIpc) is 3.85. The lowest BCUT2D eigenvalue weighted by molar-refractivity contribution is 0.623. The lowest BCUT2D eigenvalue weighted by atomic mass is 9.96. The quantitative estimate of drug-likeness (QED) is 0.170. The molecule has 0 fully saturated rings. The minimum absolute atomic E-state index is 0.623. The second-order valence-electron chi connectivity index (χ2n) is 13.5. The highest BCUT2D eigenvalue weighted by Crippen LogP contribution is 2.46. The molecule has 0 saturated carbocycles. The number of para-hydroxylation sites is 1. The molecule has 0 unspecified atom stereocenters. The van der Waals surface area contributed by atoms with Crippen LogP contribution in [0.3, 0.4) is 0 Å². The highest BCUT2D eigenvalue weighted by molar-refractivity contribution is 6.23. The summed E-state index contributed by atoms with van der Waals surface area (Å²) in [6.45, 7) is 0. The summed E-state index contributed by atoms with van der Waals surface area (Å²) in [5, 5.41) is 8.95. The topological polar surface area (TPSA) is 42.4 Å². The Morgan fingerprint density at radius 2 is 1.04 bits per heavy atom. The molecule has 0 radical (unpaired) electrons. The molecule has 11 rings (SSSR count). The summed E-state index contributed by atoms with van der Waals surface area (Å²) < 4.78 is 12.9. The first-order valence-corrected chi connectivity index (χ1v) is 17.9. The predicted octanol–water partition coefficient (Wildman–Crippen LogP) is 14.0. The summed E-state index contributed by atoms with van der Waals surface area (Å²) in [6, 6.07) is 63.9. The van der Waals surface area contributed by atoms with E-state index in [0.717, 1.165) is 88.3 Å². The molecule has 0 aliphatic heterocycles. The Bertz CT molecular complexity index is 3190. The van der Waals surface area contributed by atoms with Gasteiger partial charge in [0.15, 0.2) is 5.58 Å². The van der Waals surface area contributed by atoms with E-state index in [1.54, 1.807) is 0 Å². The molecular formula is C49H30N2O2. The van der Waals surface area contributed by atoms with Crippen LogP contribution in [0.4, 0.5) is 17.1 Å². The fourth-order valence-corrected chi connectivity index (χ4v) is 8.04. The second-order valence-corrected chi connectivity index (χ2v) is 13.5. The predicted molar refractivity (Wildman–Crippen MR) is 219 cm³/mol. The summed E-state index contributed by atoms with van der Waals surface area (Å²) in [4.78, 5) is 7.50. The molecule has 248 valence electrons. The monoisotopic (exact) mass is 678 g/mol. The molecule has 0 N–H and O–H groups in total. The van der Waals surface area contributed by atoms with Crippen molar-refractivity contribution in [1.82, 2.24) is 4.98 Å². The van der Waals surface area contributed by atoms with Gasteiger partial charge in [-0.1, -0.05) is 127 Å². The molecular weight excluding hydrogens is 649 g/mol. The van der Waals surface area contributed by atoms with Crippen LogP contribution < -0.4 is 4.90 Å². The zero-order valence-electron chi connectivity index (χ0n) is 28.5. The van der Waals surface area contributed by atoms with Crippen LogP contribution in [-0.4, -0.2) is 4.98 Å². The Hall–Kier alpha value is -7.17. The van der Waals surface area contributed by atoms with Gasteiger partial charge >= 0.3 is 0 Å². The first-order chi connectivity index (χ1) is 26.3. The highest BCUT2D eigenvalue weighted by atomic mass is 16.3. The third kappa shape index (κ3) is 4.66. The summed E-state index contributed by atoms with van der Waals surface area (Å²) >= 11 is 0. The van der Waals surface area contributed by atoms with Gasteiger partial charge in [0, 0.05) is 32.8 Å². The van der Waals surface area contributed by atoms with Gasteiger partial charge < -0.3 is 13.7 Å². The highest BCUT2D eigenvalue weighted by Gasteiger charge is 2.22. The van der Waals surface area contributed by atoms with E-state index in [1.807, 2.05) is 42.5 Å². The van der Waals surface area contributed by atoms with E-state index in [0.29, 0.717) is 5.89 Å². The van der Waals surface area contributed by atoms with Gasteiger partial charge in [-0.25, -0.2) is 4.98 Å². The fraction of sp³-hybridized carbons (Fsp3) is 0. The molecule has 0 aliphatic carbocycles. The van der Waals surface area contributed by atoms with Crippen molar-refractivity contribution in [2.24, 2.45) is 0 Å². The van der Waals surface area contributed by atoms with Gasteiger partial charge in [0.25, 0.3) is 0 Å². The zero-order valence-corrected chi connectivity index (χ0v) is 28.5. The molecule has 9 aromatic carbocycles. The van der Waals surface area contributed by atoms with Crippen LogP contribution >= 0.6 is 0 Å². The molecule has 0 aliphatic rings. The lowest BCUT2D eigenvalue weighted by Gasteiger charge is -2.28. The van der Waals surface area contributed by atoms with Crippen molar-refractivity contribution in [2.45, 2.75) is 0 Å². The van der Waals surface area contributed by atoms with Crippen LogP contribution in [0.2, 0.25) is 0 Å². The second kappa shape index (κ2) is 11.7. The molecule has 2 aromatic heterocycles. The van der Waals surface area contributed by atoms with E-state index >= 15 is 0 Å². The van der Waals surface area contributed by atoms with Gasteiger partial charge in [-0.15, -0.1) is 0 Å². The van der Waals surface area contributed by atoms with E-state index in [-0.39, 0.29) is 0 Å². The molecule has 2 heterocycles. The minimum Gasteiger partial charge on any atom is -0.456 e. The molecule has 0 atom stereocenters. The van der Waals surface area contributed by atoms with Gasteiger partial charge in [0.05, 0.1) is 16.8 Å². The zero-order chi connectivity index (χ0) is 34.9. The molecule has 53 heavy (non-hydrogen) atoms. The molecule has 0 saturated heterocycles. The molecule has 0 amide bonds. The van der Waals surface area contributed by atoms with Crippen molar-refractivity contribution in [3.05, 3.63) is 182 Å². The van der Waals surface area contributed by atoms with Gasteiger partial charge in [-0.3, -0.25) is 0 Å². The normalized spacial score (nSPS) is 11.8. The van der Waals surface area contributed by atoms with E-state index in [2.05, 4.69) is 144 Å². The van der Waals surface area contributed by atoms with Crippen molar-refractivity contribution in [3.8, 4) is 22.6 Å². The van der Waals surface area contributed by atoms with E-state index in [4.69, 9.17) is 13.8 Å². The lowest BCUT2D eigenvalue weighted by Crippen LogP contribution is -2.11. The standard InChI is InChI=1S/C49H30N2O2/c1-2-14-32(15-3-1)49-50-47-41-30-34(27-28-38(41)37-20-6-7-21-39(37)48(47)53-49)33-17-10-18-35(29-33)51(42-23-11-16-31-13-4-5-19-36(31)42)43-24-12-26-45-46(43)40-22-8-9-25-44(40)52-45/h1-30H. The average molecular weight is 679 g/mol. The number of aromatic nitrogens is 1. The van der Waals surface area contributed by atoms with E-state index in [1.165, 1.54) is 10.8 Å². The van der Waals surface area contributed by atoms with Crippen molar-refractivity contribution in [3.63, 3.8) is 0 Å². The number of hydrogen-bond acceptors (Lipinski definition) is 4. The van der Waals surface area contributed by atoms with Gasteiger partial charge in [-0.05, 0) is 81.9 Å². The van der Waals surface area contributed by atoms with Crippen LogP contribution in [0.25, 0.3) is 87.9 Å². The summed E-state index contributed by atoms with van der Waals surface area (Å²) in [6.07, 6.45) is 0. The Balaban J connectivity index is 1.14. The minimum atomic E-state index is 0.623. The maximum atomic E-state index is 6.54. The largest absolute Gasteiger partial charge is 0.456 e.